The minimum absolute atomic E-state index is 0.0509. The smallest absolute Gasteiger partial charge is 0.0622 e. The molecule has 0 heterocycles. The summed E-state index contributed by atoms with van der Waals surface area (Å²) in [6, 6.07) is 95.9. The van der Waals surface area contributed by atoms with Gasteiger partial charge in [0.25, 0.3) is 0 Å². The van der Waals surface area contributed by atoms with Crippen molar-refractivity contribution in [2.45, 2.75) is 17.3 Å². The van der Waals surface area contributed by atoms with Crippen LogP contribution in [0.3, 0.4) is 0 Å². The lowest BCUT2D eigenvalue weighted by molar-refractivity contribution is 0.767. The fraction of sp³-hybridized carbons (Fsp3) is 0.0448. The molecular formula is C67H44. The van der Waals surface area contributed by atoms with Crippen molar-refractivity contribution in [3.63, 3.8) is 0 Å². The van der Waals surface area contributed by atoms with Gasteiger partial charge < -0.3 is 0 Å². The van der Waals surface area contributed by atoms with E-state index in [-0.39, 0.29) is 11.8 Å². The van der Waals surface area contributed by atoms with Crippen molar-refractivity contribution < 1.29 is 0 Å². The van der Waals surface area contributed by atoms with Crippen LogP contribution in [-0.2, 0) is 5.41 Å². The van der Waals surface area contributed by atoms with Gasteiger partial charge in [-0.25, -0.2) is 0 Å². The Kier molecular flexibility index (Phi) is 8.43. The monoisotopic (exact) mass is 848 g/mol. The summed E-state index contributed by atoms with van der Waals surface area (Å²) in [6.07, 6.45) is 0. The zero-order valence-corrected chi connectivity index (χ0v) is 36.9. The molecule has 0 aromatic heterocycles. The topological polar surface area (TPSA) is 0 Å². The van der Waals surface area contributed by atoms with Gasteiger partial charge in [-0.05, 0) is 134 Å². The van der Waals surface area contributed by atoms with Crippen LogP contribution in [0.2, 0.25) is 0 Å². The zero-order chi connectivity index (χ0) is 44.1. The summed E-state index contributed by atoms with van der Waals surface area (Å²) in [5.41, 5.74) is 25.9. The summed E-state index contributed by atoms with van der Waals surface area (Å²) in [5, 5.41) is 2.53. The SMILES string of the molecule is c1ccc(-c2ccc(C3c4ccccc4-c4cc(-c5ccc6c(c5)-c5ccc7c(c5C6c5ccc6ccccc6c5)-c5ccccc5C7(c5ccccc5)c5ccccc5)ccc43)cc2)cc1. The second kappa shape index (κ2) is 14.9. The molecule has 0 fully saturated rings. The van der Waals surface area contributed by atoms with E-state index in [1.54, 1.807) is 0 Å². The molecule has 3 aliphatic rings. The van der Waals surface area contributed by atoms with Gasteiger partial charge >= 0.3 is 0 Å². The van der Waals surface area contributed by atoms with E-state index in [1.807, 2.05) is 0 Å². The van der Waals surface area contributed by atoms with Gasteiger partial charge in [0.1, 0.15) is 0 Å². The molecule has 11 aromatic carbocycles. The van der Waals surface area contributed by atoms with Gasteiger partial charge in [-0.15, -0.1) is 0 Å². The van der Waals surface area contributed by atoms with Crippen molar-refractivity contribution in [1.29, 1.82) is 0 Å². The first-order chi connectivity index (χ1) is 33.2. The van der Waals surface area contributed by atoms with E-state index in [2.05, 4.69) is 255 Å². The minimum atomic E-state index is -0.472. The number of benzene rings is 11. The van der Waals surface area contributed by atoms with Crippen LogP contribution in [0.5, 0.6) is 0 Å². The Morgan fingerprint density at radius 2 is 0.791 bits per heavy atom. The van der Waals surface area contributed by atoms with Crippen LogP contribution in [-0.4, -0.2) is 0 Å². The molecule has 67 heavy (non-hydrogen) atoms. The summed E-state index contributed by atoms with van der Waals surface area (Å²) < 4.78 is 0. The predicted molar refractivity (Wildman–Crippen MR) is 278 cm³/mol. The molecule has 0 bridgehead atoms. The van der Waals surface area contributed by atoms with Crippen LogP contribution < -0.4 is 0 Å². The first-order valence-corrected chi connectivity index (χ1v) is 23.6. The molecule has 11 aromatic rings. The number of fused-ring (bicyclic) bond motifs is 11. The lowest BCUT2D eigenvalue weighted by Crippen LogP contribution is -2.28. The highest BCUT2D eigenvalue weighted by atomic mass is 14.5. The molecule has 0 amide bonds. The van der Waals surface area contributed by atoms with Crippen LogP contribution in [0.1, 0.15) is 67.5 Å². The molecule has 0 radical (unpaired) electrons. The van der Waals surface area contributed by atoms with E-state index in [9.17, 15) is 0 Å². The maximum absolute atomic E-state index is 2.49. The molecule has 312 valence electrons. The van der Waals surface area contributed by atoms with Crippen molar-refractivity contribution in [3.8, 4) is 55.6 Å². The van der Waals surface area contributed by atoms with Crippen LogP contribution in [0.15, 0.2) is 255 Å². The quantitative estimate of drug-likeness (QED) is 0.156. The average Bonchev–Trinajstić information content (AvgIpc) is 4.03. The highest BCUT2D eigenvalue weighted by Crippen LogP contribution is 2.62. The first-order valence-electron chi connectivity index (χ1n) is 23.6. The second-order valence-electron chi connectivity index (χ2n) is 18.6. The predicted octanol–water partition coefficient (Wildman–Crippen LogP) is 16.9. The normalized spacial score (nSPS) is 15.6. The molecular weight excluding hydrogens is 805 g/mol. The summed E-state index contributed by atoms with van der Waals surface area (Å²) in [6.45, 7) is 0. The van der Waals surface area contributed by atoms with Gasteiger partial charge in [-0.2, -0.15) is 0 Å². The Morgan fingerprint density at radius 3 is 1.51 bits per heavy atom. The van der Waals surface area contributed by atoms with E-state index < -0.39 is 5.41 Å². The van der Waals surface area contributed by atoms with E-state index in [1.165, 1.54) is 122 Å². The fourth-order valence-electron chi connectivity index (χ4n) is 12.4. The maximum atomic E-state index is 2.49. The Balaban J connectivity index is 0.953. The highest BCUT2D eigenvalue weighted by Gasteiger charge is 2.49. The van der Waals surface area contributed by atoms with E-state index in [0.29, 0.717) is 0 Å². The van der Waals surface area contributed by atoms with Gasteiger partial charge in [0.15, 0.2) is 0 Å². The van der Waals surface area contributed by atoms with E-state index >= 15 is 0 Å². The lowest BCUT2D eigenvalue weighted by atomic mass is 9.67. The third-order valence-electron chi connectivity index (χ3n) is 15.3. The maximum Gasteiger partial charge on any atom is 0.0713 e. The molecule has 0 spiro atoms. The van der Waals surface area contributed by atoms with Crippen LogP contribution in [0.4, 0.5) is 0 Å². The van der Waals surface area contributed by atoms with Crippen LogP contribution in [0, 0.1) is 0 Å². The third-order valence-corrected chi connectivity index (χ3v) is 15.3. The van der Waals surface area contributed by atoms with Gasteiger partial charge in [-0.1, -0.05) is 243 Å². The fourth-order valence-corrected chi connectivity index (χ4v) is 12.4. The van der Waals surface area contributed by atoms with Crippen LogP contribution >= 0.6 is 0 Å². The summed E-state index contributed by atoms with van der Waals surface area (Å²) in [7, 11) is 0. The molecule has 3 aliphatic carbocycles. The summed E-state index contributed by atoms with van der Waals surface area (Å²) in [5.74, 6) is 0.235. The molecule has 0 saturated carbocycles. The standard InChI is InChI=1S/C67H44/c1-4-16-43(17-5-1)45-28-31-46(32-29-45)63-54-25-13-12-24-53(54)59-41-48(34-36-55(59)63)49-35-37-56-60(42-49)57-38-39-62-65(66(57)64(56)50-33-30-44-18-10-11-19-47(44)40-50)58-26-14-15-27-61(58)67(62,51-20-6-2-7-21-51)52-22-8-3-9-23-52/h1-42,63-64H. The average molecular weight is 849 g/mol. The number of hydrogen-bond acceptors (Lipinski definition) is 0. The van der Waals surface area contributed by atoms with Gasteiger partial charge in [0, 0.05) is 11.8 Å². The van der Waals surface area contributed by atoms with Gasteiger partial charge in [0.05, 0.1) is 5.41 Å². The van der Waals surface area contributed by atoms with Crippen molar-refractivity contribution in [2.24, 2.45) is 0 Å². The van der Waals surface area contributed by atoms with Crippen molar-refractivity contribution in [3.05, 3.63) is 310 Å². The second-order valence-corrected chi connectivity index (χ2v) is 18.6. The molecule has 2 unspecified atom stereocenters. The van der Waals surface area contributed by atoms with Crippen molar-refractivity contribution in [2.75, 3.05) is 0 Å². The Labute approximate surface area is 392 Å². The summed E-state index contributed by atoms with van der Waals surface area (Å²) in [4.78, 5) is 0. The van der Waals surface area contributed by atoms with Gasteiger partial charge in [0.2, 0.25) is 0 Å². The number of hydrogen-bond donors (Lipinski definition) is 0. The van der Waals surface area contributed by atoms with E-state index in [0.717, 1.165) is 0 Å². The Bertz CT molecular complexity index is 3690. The molecule has 0 aliphatic heterocycles. The molecule has 14 rings (SSSR count). The van der Waals surface area contributed by atoms with Crippen molar-refractivity contribution >= 4 is 10.8 Å². The third kappa shape index (κ3) is 5.60. The molecule has 0 N–H and O–H groups in total. The first kappa shape index (κ1) is 38.0. The van der Waals surface area contributed by atoms with Gasteiger partial charge in [-0.3, -0.25) is 0 Å². The molecule has 0 saturated heterocycles. The zero-order valence-electron chi connectivity index (χ0n) is 36.9. The lowest BCUT2D eigenvalue weighted by Gasteiger charge is -2.34. The largest absolute Gasteiger partial charge is 0.0713 e. The minimum Gasteiger partial charge on any atom is -0.0622 e. The molecule has 2 atom stereocenters. The van der Waals surface area contributed by atoms with Crippen LogP contribution in [0.25, 0.3) is 66.4 Å². The van der Waals surface area contributed by atoms with Crippen molar-refractivity contribution in [1.82, 2.24) is 0 Å². The highest BCUT2D eigenvalue weighted by molar-refractivity contribution is 5.98. The van der Waals surface area contributed by atoms with E-state index in [4.69, 9.17) is 0 Å². The molecule has 0 heteroatoms. The Morgan fingerprint density at radius 1 is 0.269 bits per heavy atom. The Hall–Kier alpha value is -8.32. The molecule has 0 nitrogen and oxygen atoms in total. The summed E-state index contributed by atoms with van der Waals surface area (Å²) >= 11 is 0. The number of rotatable bonds is 6.